The first-order chi connectivity index (χ1) is 8.99. The van der Waals surface area contributed by atoms with Crippen molar-refractivity contribution in [3.05, 3.63) is 52.0 Å². The zero-order valence-electron chi connectivity index (χ0n) is 9.86. The topological polar surface area (TPSA) is 63.3 Å². The molecule has 3 N–H and O–H groups in total. The largest absolute Gasteiger partial charge is 0.481 e. The minimum absolute atomic E-state index is 0.135. The average molecular weight is 296 g/mol. The summed E-state index contributed by atoms with van der Waals surface area (Å²) in [6.07, 6.45) is -0.135. The summed E-state index contributed by atoms with van der Waals surface area (Å²) in [5.41, 5.74) is 8.39. The van der Waals surface area contributed by atoms with E-state index in [4.69, 9.17) is 34.0 Å². The van der Waals surface area contributed by atoms with Gasteiger partial charge >= 0.3 is 5.97 Å². The van der Waals surface area contributed by atoms with E-state index in [0.29, 0.717) is 26.9 Å². The second-order valence-electron chi connectivity index (χ2n) is 4.07. The smallest absolute Gasteiger partial charge is 0.307 e. The Balaban J connectivity index is 2.55. The molecule has 0 saturated carbocycles. The highest BCUT2D eigenvalue weighted by molar-refractivity contribution is 6.34. The molecule has 0 aliphatic rings. The molecule has 0 unspecified atom stereocenters. The maximum Gasteiger partial charge on any atom is 0.307 e. The van der Waals surface area contributed by atoms with Gasteiger partial charge in [0.25, 0.3) is 0 Å². The van der Waals surface area contributed by atoms with Crippen LogP contribution in [-0.4, -0.2) is 11.1 Å². The molecule has 2 aromatic carbocycles. The van der Waals surface area contributed by atoms with Gasteiger partial charge in [-0.3, -0.25) is 4.79 Å². The lowest BCUT2D eigenvalue weighted by atomic mass is 9.99. The van der Waals surface area contributed by atoms with Crippen LogP contribution in [0.25, 0.3) is 11.1 Å². The molecule has 5 heteroatoms. The number of hydrogen-bond donors (Lipinski definition) is 2. The first kappa shape index (κ1) is 13.7. The quantitative estimate of drug-likeness (QED) is 0.845. The molecular formula is C14H11Cl2NO2. The molecule has 98 valence electrons. The molecule has 0 amide bonds. The van der Waals surface area contributed by atoms with Crippen LogP contribution in [0.15, 0.2) is 36.4 Å². The molecule has 2 rings (SSSR count). The van der Waals surface area contributed by atoms with Crippen LogP contribution in [0.1, 0.15) is 5.56 Å². The van der Waals surface area contributed by atoms with Crippen LogP contribution in [-0.2, 0) is 11.2 Å². The zero-order chi connectivity index (χ0) is 14.0. The Labute approximate surface area is 120 Å². The van der Waals surface area contributed by atoms with E-state index in [2.05, 4.69) is 0 Å². The van der Waals surface area contributed by atoms with E-state index in [1.807, 2.05) is 0 Å². The number of carboxylic acid groups (broad SMARTS) is 1. The minimum Gasteiger partial charge on any atom is -0.481 e. The van der Waals surface area contributed by atoms with Gasteiger partial charge in [-0.15, -0.1) is 0 Å². The van der Waals surface area contributed by atoms with E-state index >= 15 is 0 Å². The van der Waals surface area contributed by atoms with Crippen LogP contribution >= 0.6 is 23.2 Å². The highest BCUT2D eigenvalue weighted by Gasteiger charge is 2.13. The molecule has 0 aromatic heterocycles. The molecular weight excluding hydrogens is 285 g/mol. The Morgan fingerprint density at radius 3 is 2.32 bits per heavy atom. The Kier molecular flexibility index (Phi) is 3.98. The van der Waals surface area contributed by atoms with Gasteiger partial charge in [-0.2, -0.15) is 0 Å². The standard InChI is InChI=1S/C14H11Cl2NO2/c15-10-4-1-8(2-5-10)13-11(16)6-3-9(14(13)17)7-12(18)19/h1-6H,7,17H2,(H,18,19). The van der Waals surface area contributed by atoms with Crippen molar-refractivity contribution in [2.75, 3.05) is 5.73 Å². The van der Waals surface area contributed by atoms with E-state index in [1.165, 1.54) is 0 Å². The Morgan fingerprint density at radius 2 is 1.74 bits per heavy atom. The van der Waals surface area contributed by atoms with Crippen molar-refractivity contribution >= 4 is 34.9 Å². The van der Waals surface area contributed by atoms with Crippen LogP contribution in [0.3, 0.4) is 0 Å². The summed E-state index contributed by atoms with van der Waals surface area (Å²) in [5, 5.41) is 9.94. The number of hydrogen-bond acceptors (Lipinski definition) is 2. The lowest BCUT2D eigenvalue weighted by Crippen LogP contribution is -2.05. The predicted molar refractivity (Wildman–Crippen MR) is 77.7 cm³/mol. The molecule has 0 spiro atoms. The second-order valence-corrected chi connectivity index (χ2v) is 4.92. The molecule has 0 radical (unpaired) electrons. The molecule has 0 atom stereocenters. The summed E-state index contributed by atoms with van der Waals surface area (Å²) < 4.78 is 0. The van der Waals surface area contributed by atoms with E-state index in [1.54, 1.807) is 36.4 Å². The summed E-state index contributed by atoms with van der Waals surface area (Å²) >= 11 is 12.0. The SMILES string of the molecule is Nc1c(CC(=O)O)ccc(Cl)c1-c1ccc(Cl)cc1. The van der Waals surface area contributed by atoms with Crippen LogP contribution < -0.4 is 5.73 Å². The fraction of sp³-hybridized carbons (Fsp3) is 0.0714. The van der Waals surface area contributed by atoms with E-state index in [9.17, 15) is 4.79 Å². The van der Waals surface area contributed by atoms with Crippen LogP contribution in [0.2, 0.25) is 10.0 Å². The number of halogens is 2. The Hall–Kier alpha value is -1.71. The molecule has 0 fully saturated rings. The molecule has 0 saturated heterocycles. The van der Waals surface area contributed by atoms with Crippen molar-refractivity contribution in [1.29, 1.82) is 0 Å². The molecule has 0 bridgehead atoms. The Bertz CT molecular complexity index is 624. The second kappa shape index (κ2) is 5.51. The number of nitrogens with two attached hydrogens (primary N) is 1. The van der Waals surface area contributed by atoms with Gasteiger partial charge in [0.2, 0.25) is 0 Å². The summed E-state index contributed by atoms with van der Waals surface area (Å²) in [5.74, 6) is -0.934. The van der Waals surface area contributed by atoms with E-state index in [0.717, 1.165) is 5.56 Å². The van der Waals surface area contributed by atoms with Crippen molar-refractivity contribution in [2.24, 2.45) is 0 Å². The molecule has 2 aromatic rings. The molecule has 19 heavy (non-hydrogen) atoms. The number of anilines is 1. The summed E-state index contributed by atoms with van der Waals surface area (Å²) in [7, 11) is 0. The number of nitrogen functional groups attached to an aromatic ring is 1. The highest BCUT2D eigenvalue weighted by atomic mass is 35.5. The molecule has 3 nitrogen and oxygen atoms in total. The van der Waals surface area contributed by atoms with Crippen molar-refractivity contribution in [1.82, 2.24) is 0 Å². The van der Waals surface area contributed by atoms with Gasteiger partial charge in [-0.25, -0.2) is 0 Å². The van der Waals surface area contributed by atoms with Gasteiger partial charge in [-0.05, 0) is 29.3 Å². The van der Waals surface area contributed by atoms with E-state index < -0.39 is 5.97 Å². The lowest BCUT2D eigenvalue weighted by molar-refractivity contribution is -0.136. The minimum atomic E-state index is -0.934. The third kappa shape index (κ3) is 3.00. The normalized spacial score (nSPS) is 10.4. The van der Waals surface area contributed by atoms with Gasteiger partial charge in [-0.1, -0.05) is 41.4 Å². The number of carbonyl (C=O) groups is 1. The van der Waals surface area contributed by atoms with Gasteiger partial charge in [0.15, 0.2) is 0 Å². The van der Waals surface area contributed by atoms with Gasteiger partial charge in [0.05, 0.1) is 11.4 Å². The molecule has 0 aliphatic heterocycles. The van der Waals surface area contributed by atoms with Gasteiger partial charge in [0, 0.05) is 16.3 Å². The highest BCUT2D eigenvalue weighted by Crippen LogP contribution is 2.36. The first-order valence-corrected chi connectivity index (χ1v) is 6.29. The molecule has 0 heterocycles. The maximum atomic E-state index is 10.8. The van der Waals surface area contributed by atoms with Crippen molar-refractivity contribution in [2.45, 2.75) is 6.42 Å². The Morgan fingerprint density at radius 1 is 1.11 bits per heavy atom. The van der Waals surface area contributed by atoms with Crippen molar-refractivity contribution in [3.8, 4) is 11.1 Å². The maximum absolute atomic E-state index is 10.8. The first-order valence-electron chi connectivity index (χ1n) is 5.53. The van der Waals surface area contributed by atoms with E-state index in [-0.39, 0.29) is 6.42 Å². The summed E-state index contributed by atoms with van der Waals surface area (Å²) in [6.45, 7) is 0. The zero-order valence-corrected chi connectivity index (χ0v) is 11.4. The predicted octanol–water partition coefficient (Wildman–Crippen LogP) is 3.87. The average Bonchev–Trinajstić information content (AvgIpc) is 2.35. The number of carboxylic acids is 1. The summed E-state index contributed by atoms with van der Waals surface area (Å²) in [4.78, 5) is 10.8. The van der Waals surface area contributed by atoms with Gasteiger partial charge < -0.3 is 10.8 Å². The van der Waals surface area contributed by atoms with Crippen LogP contribution in [0.5, 0.6) is 0 Å². The number of aliphatic carboxylic acids is 1. The fourth-order valence-corrected chi connectivity index (χ4v) is 2.26. The van der Waals surface area contributed by atoms with Crippen LogP contribution in [0.4, 0.5) is 5.69 Å². The van der Waals surface area contributed by atoms with Crippen LogP contribution in [0, 0.1) is 0 Å². The monoisotopic (exact) mass is 295 g/mol. The number of rotatable bonds is 3. The lowest BCUT2D eigenvalue weighted by Gasteiger charge is -2.12. The third-order valence-electron chi connectivity index (χ3n) is 2.76. The molecule has 0 aliphatic carbocycles. The fourth-order valence-electron chi connectivity index (χ4n) is 1.86. The number of benzene rings is 2. The summed E-state index contributed by atoms with van der Waals surface area (Å²) in [6, 6.07) is 10.3. The van der Waals surface area contributed by atoms with Crippen molar-refractivity contribution in [3.63, 3.8) is 0 Å². The van der Waals surface area contributed by atoms with Crippen molar-refractivity contribution < 1.29 is 9.90 Å². The van der Waals surface area contributed by atoms with Gasteiger partial charge in [0.1, 0.15) is 0 Å². The third-order valence-corrected chi connectivity index (χ3v) is 3.33.